The molecule has 82 valence electrons. The zero-order valence-corrected chi connectivity index (χ0v) is 10.4. The van der Waals surface area contributed by atoms with Crippen LogP contribution in [0.3, 0.4) is 0 Å². The van der Waals surface area contributed by atoms with Crippen molar-refractivity contribution >= 4 is 39.0 Å². The van der Waals surface area contributed by atoms with E-state index in [1.54, 1.807) is 6.07 Å². The zero-order chi connectivity index (χ0) is 11.3. The van der Waals surface area contributed by atoms with E-state index in [4.69, 9.17) is 22.4 Å². The van der Waals surface area contributed by atoms with Crippen LogP contribution in [0.2, 0.25) is 0 Å². The smallest absolute Gasteiger partial charge is 0.255 e. The maximum atomic E-state index is 11.5. The molecule has 0 bridgehead atoms. The molecule has 1 aromatic rings. The molecular formula is C9H11BrN2O2S. The maximum Gasteiger partial charge on any atom is 0.255 e. The summed E-state index contributed by atoms with van der Waals surface area (Å²) >= 11 is 7.85. The fourth-order valence-corrected chi connectivity index (χ4v) is 1.58. The van der Waals surface area contributed by atoms with Crippen LogP contribution in [-0.4, -0.2) is 17.4 Å². The van der Waals surface area contributed by atoms with Crippen molar-refractivity contribution in [2.75, 3.05) is 6.54 Å². The largest absolute Gasteiger partial charge is 0.457 e. The second-order valence-corrected chi connectivity index (χ2v) is 4.18. The number of carbonyl (C=O) groups is 1. The molecule has 0 fully saturated rings. The Kier molecular flexibility index (Phi) is 4.77. The van der Waals surface area contributed by atoms with Gasteiger partial charge in [-0.3, -0.25) is 4.79 Å². The molecule has 0 unspecified atom stereocenters. The van der Waals surface area contributed by atoms with Crippen LogP contribution >= 0.6 is 28.1 Å². The highest BCUT2D eigenvalue weighted by molar-refractivity contribution is 9.10. The number of hydrogen-bond acceptors (Lipinski definition) is 3. The van der Waals surface area contributed by atoms with Gasteiger partial charge in [0.15, 0.2) is 4.67 Å². The monoisotopic (exact) mass is 290 g/mol. The summed E-state index contributed by atoms with van der Waals surface area (Å²) in [5, 5.41) is 2.74. The fraction of sp³-hybridized carbons (Fsp3) is 0.333. The molecule has 1 aromatic heterocycles. The molecule has 4 nitrogen and oxygen atoms in total. The quantitative estimate of drug-likeness (QED) is 0.641. The molecule has 3 N–H and O–H groups in total. The Balaban J connectivity index is 2.31. The number of carbonyl (C=O) groups excluding carboxylic acids is 1. The van der Waals surface area contributed by atoms with Gasteiger partial charge in [0, 0.05) is 6.54 Å². The average Bonchev–Trinajstić information content (AvgIpc) is 2.58. The minimum atomic E-state index is -0.168. The lowest BCUT2D eigenvalue weighted by atomic mass is 10.3. The first-order valence-corrected chi connectivity index (χ1v) is 5.61. The molecule has 0 aliphatic rings. The minimum absolute atomic E-state index is 0.168. The number of thiocarbonyl (C=S) groups is 1. The molecule has 0 aliphatic heterocycles. The fourth-order valence-electron chi connectivity index (χ4n) is 1.02. The van der Waals surface area contributed by atoms with E-state index in [0.29, 0.717) is 28.2 Å². The van der Waals surface area contributed by atoms with Gasteiger partial charge < -0.3 is 15.5 Å². The first kappa shape index (κ1) is 12.2. The van der Waals surface area contributed by atoms with Gasteiger partial charge in [-0.1, -0.05) is 12.2 Å². The van der Waals surface area contributed by atoms with Crippen molar-refractivity contribution in [3.05, 3.63) is 22.6 Å². The molecule has 6 heteroatoms. The number of halogens is 1. The van der Waals surface area contributed by atoms with Gasteiger partial charge in [-0.2, -0.15) is 0 Å². The van der Waals surface area contributed by atoms with E-state index in [1.807, 2.05) is 0 Å². The third-order valence-corrected chi connectivity index (χ3v) is 2.57. The first-order chi connectivity index (χ1) is 7.11. The average molecular weight is 291 g/mol. The van der Waals surface area contributed by atoms with Crippen LogP contribution < -0.4 is 11.1 Å². The maximum absolute atomic E-state index is 11.5. The summed E-state index contributed by atoms with van der Waals surface area (Å²) in [7, 11) is 0. The van der Waals surface area contributed by atoms with Crippen molar-refractivity contribution < 1.29 is 9.21 Å². The van der Waals surface area contributed by atoms with E-state index < -0.39 is 0 Å². The van der Waals surface area contributed by atoms with Crippen molar-refractivity contribution in [1.82, 2.24) is 5.32 Å². The van der Waals surface area contributed by atoms with Crippen molar-refractivity contribution in [2.45, 2.75) is 12.8 Å². The minimum Gasteiger partial charge on any atom is -0.457 e. The van der Waals surface area contributed by atoms with Crippen molar-refractivity contribution in [1.29, 1.82) is 0 Å². The van der Waals surface area contributed by atoms with Crippen LogP contribution in [0.25, 0.3) is 0 Å². The standard InChI is InChI=1S/C9H11BrN2O2S/c10-8-6(3-5-14-8)9(13)12-4-1-2-7(11)15/h3,5H,1-2,4H2,(H2,11,15)(H,12,13). The molecule has 15 heavy (non-hydrogen) atoms. The van der Waals surface area contributed by atoms with Crippen molar-refractivity contribution in [3.63, 3.8) is 0 Å². The molecule has 0 spiro atoms. The highest BCUT2D eigenvalue weighted by Gasteiger charge is 2.11. The second-order valence-electron chi connectivity index (χ2n) is 2.93. The Morgan fingerprint density at radius 3 is 2.93 bits per heavy atom. The summed E-state index contributed by atoms with van der Waals surface area (Å²) < 4.78 is 5.38. The first-order valence-electron chi connectivity index (χ1n) is 4.40. The van der Waals surface area contributed by atoms with Crippen LogP contribution in [0.1, 0.15) is 23.2 Å². The summed E-state index contributed by atoms with van der Waals surface area (Å²) in [4.78, 5) is 12.0. The van der Waals surface area contributed by atoms with Crippen molar-refractivity contribution in [3.8, 4) is 0 Å². The van der Waals surface area contributed by atoms with Gasteiger partial charge in [0.25, 0.3) is 5.91 Å². The Hall–Kier alpha value is -0.880. The van der Waals surface area contributed by atoms with Gasteiger partial charge in [-0.25, -0.2) is 0 Å². The third-order valence-electron chi connectivity index (χ3n) is 1.75. The van der Waals surface area contributed by atoms with Crippen LogP contribution in [0.4, 0.5) is 0 Å². The number of amides is 1. The molecular weight excluding hydrogens is 280 g/mol. The second kappa shape index (κ2) is 5.87. The number of furan rings is 1. The Morgan fingerprint density at radius 1 is 1.67 bits per heavy atom. The van der Waals surface area contributed by atoms with E-state index in [2.05, 4.69) is 21.2 Å². The van der Waals surface area contributed by atoms with E-state index in [0.717, 1.165) is 6.42 Å². The van der Waals surface area contributed by atoms with Gasteiger partial charge in [-0.15, -0.1) is 0 Å². The summed E-state index contributed by atoms with van der Waals surface area (Å²) in [6.07, 6.45) is 2.84. The molecule has 0 aromatic carbocycles. The normalized spacial score (nSPS) is 9.93. The lowest BCUT2D eigenvalue weighted by molar-refractivity contribution is 0.0951. The van der Waals surface area contributed by atoms with Gasteiger partial charge >= 0.3 is 0 Å². The zero-order valence-electron chi connectivity index (χ0n) is 7.96. The predicted octanol–water partition coefficient (Wildman–Crippen LogP) is 1.84. The van der Waals surface area contributed by atoms with Gasteiger partial charge in [-0.05, 0) is 34.8 Å². The van der Waals surface area contributed by atoms with Crippen LogP contribution in [0.5, 0.6) is 0 Å². The van der Waals surface area contributed by atoms with Crippen molar-refractivity contribution in [2.24, 2.45) is 5.73 Å². The highest BCUT2D eigenvalue weighted by Crippen LogP contribution is 2.16. The molecule has 0 saturated carbocycles. The van der Waals surface area contributed by atoms with Gasteiger partial charge in [0.05, 0.1) is 16.8 Å². The summed E-state index contributed by atoms with van der Waals surface area (Å²) in [5.41, 5.74) is 5.82. The van der Waals surface area contributed by atoms with Gasteiger partial charge in [0.1, 0.15) is 0 Å². The molecule has 0 aliphatic carbocycles. The summed E-state index contributed by atoms with van der Waals surface area (Å²) in [6, 6.07) is 1.60. The lowest BCUT2D eigenvalue weighted by Gasteiger charge is -2.02. The molecule has 1 heterocycles. The highest BCUT2D eigenvalue weighted by atomic mass is 79.9. The Labute approximate surface area is 101 Å². The van der Waals surface area contributed by atoms with E-state index in [9.17, 15) is 4.79 Å². The molecule has 1 amide bonds. The lowest BCUT2D eigenvalue weighted by Crippen LogP contribution is -2.25. The van der Waals surface area contributed by atoms with Gasteiger partial charge in [0.2, 0.25) is 0 Å². The number of rotatable bonds is 5. The van der Waals surface area contributed by atoms with Crippen LogP contribution in [0, 0.1) is 0 Å². The van der Waals surface area contributed by atoms with E-state index in [-0.39, 0.29) is 5.91 Å². The number of nitrogens with two attached hydrogens (primary N) is 1. The molecule has 0 saturated heterocycles. The predicted molar refractivity (Wildman–Crippen MR) is 64.8 cm³/mol. The Morgan fingerprint density at radius 2 is 2.40 bits per heavy atom. The summed E-state index contributed by atoms with van der Waals surface area (Å²) in [6.45, 7) is 0.549. The topological polar surface area (TPSA) is 68.3 Å². The Bertz CT molecular complexity index is 365. The summed E-state index contributed by atoms with van der Waals surface area (Å²) in [5.74, 6) is -0.168. The van der Waals surface area contributed by atoms with Crippen LogP contribution in [0.15, 0.2) is 21.4 Å². The number of hydrogen-bond donors (Lipinski definition) is 2. The van der Waals surface area contributed by atoms with Crippen LogP contribution in [-0.2, 0) is 0 Å². The number of nitrogens with one attached hydrogen (secondary N) is 1. The van der Waals surface area contributed by atoms with E-state index >= 15 is 0 Å². The molecule has 0 radical (unpaired) electrons. The van der Waals surface area contributed by atoms with E-state index in [1.165, 1.54) is 6.26 Å². The molecule has 0 atom stereocenters. The molecule has 1 rings (SSSR count). The third kappa shape index (κ3) is 4.01. The SMILES string of the molecule is NC(=S)CCCNC(=O)c1ccoc1Br.